The van der Waals surface area contributed by atoms with E-state index in [9.17, 15) is 14.7 Å². The number of hydrogen-bond donors (Lipinski definition) is 0. The van der Waals surface area contributed by atoms with Crippen LogP contribution in [0.15, 0.2) is 74.7 Å². The van der Waals surface area contributed by atoms with Crippen LogP contribution in [0, 0.1) is 10.5 Å². The number of halogens is 1. The van der Waals surface area contributed by atoms with E-state index in [1.807, 2.05) is 48.5 Å². The van der Waals surface area contributed by atoms with Crippen molar-refractivity contribution in [1.29, 1.82) is 0 Å². The van der Waals surface area contributed by atoms with Crippen LogP contribution in [0.25, 0.3) is 27.9 Å². The first-order valence-corrected chi connectivity index (χ1v) is 9.28. The zero-order valence-corrected chi connectivity index (χ0v) is 16.4. The Kier molecular flexibility index (Phi) is 4.35. The van der Waals surface area contributed by atoms with Gasteiger partial charge < -0.3 is 9.52 Å². The van der Waals surface area contributed by atoms with E-state index in [1.54, 1.807) is 41.6 Å². The highest BCUT2D eigenvalue weighted by Gasteiger charge is 2.20. The van der Waals surface area contributed by atoms with Crippen LogP contribution in [0.2, 0.25) is 0 Å². The quantitative estimate of drug-likeness (QED) is 0.420. The van der Waals surface area contributed by atoms with E-state index in [1.165, 1.54) is 4.57 Å². The molecule has 0 unspecified atom stereocenters. The summed E-state index contributed by atoms with van der Waals surface area (Å²) in [5.74, 6) is -0.598. The molecule has 4 aromatic rings. The SMILES string of the molecule is Cc1c(-c2ccccc2)n(-c2ccccc2)c(=O)c2c([O-])c(I)c(=O)oc12. The third kappa shape index (κ3) is 2.76. The maximum atomic E-state index is 13.4. The number of pyridine rings is 1. The minimum atomic E-state index is -0.730. The molecule has 27 heavy (non-hydrogen) atoms. The van der Waals surface area contributed by atoms with E-state index in [-0.39, 0.29) is 14.5 Å². The smallest absolute Gasteiger partial charge is 0.349 e. The molecule has 2 aromatic heterocycles. The molecule has 0 bridgehead atoms. The Morgan fingerprint density at radius 1 is 0.963 bits per heavy atom. The minimum Gasteiger partial charge on any atom is -0.871 e. The van der Waals surface area contributed by atoms with Crippen molar-refractivity contribution >= 4 is 33.6 Å². The molecule has 6 heteroatoms. The molecule has 0 aliphatic rings. The topological polar surface area (TPSA) is 75.3 Å². The van der Waals surface area contributed by atoms with Gasteiger partial charge in [-0.2, -0.15) is 0 Å². The molecule has 0 spiro atoms. The first-order chi connectivity index (χ1) is 13.0. The summed E-state index contributed by atoms with van der Waals surface area (Å²) in [5.41, 5.74) is 1.37. The minimum absolute atomic E-state index is 0.0430. The lowest BCUT2D eigenvalue weighted by Gasteiger charge is -2.20. The maximum absolute atomic E-state index is 13.4. The van der Waals surface area contributed by atoms with Gasteiger partial charge >= 0.3 is 5.63 Å². The fourth-order valence-corrected chi connectivity index (χ4v) is 3.59. The average molecular weight is 470 g/mol. The summed E-state index contributed by atoms with van der Waals surface area (Å²) in [6.45, 7) is 1.75. The molecule has 0 atom stereocenters. The van der Waals surface area contributed by atoms with Gasteiger partial charge in [0.15, 0.2) is 0 Å². The van der Waals surface area contributed by atoms with Crippen molar-refractivity contribution in [2.24, 2.45) is 0 Å². The second kappa shape index (κ2) is 6.70. The van der Waals surface area contributed by atoms with Gasteiger partial charge in [-0.05, 0) is 47.2 Å². The van der Waals surface area contributed by atoms with Crippen LogP contribution in [-0.2, 0) is 0 Å². The van der Waals surface area contributed by atoms with Crippen molar-refractivity contribution in [2.75, 3.05) is 0 Å². The first-order valence-electron chi connectivity index (χ1n) is 8.20. The Labute approximate surface area is 167 Å². The van der Waals surface area contributed by atoms with Crippen molar-refractivity contribution in [1.82, 2.24) is 4.57 Å². The molecule has 2 heterocycles. The van der Waals surface area contributed by atoms with E-state index >= 15 is 0 Å². The zero-order valence-electron chi connectivity index (χ0n) is 14.2. The Balaban J connectivity index is 2.28. The van der Waals surface area contributed by atoms with Gasteiger partial charge in [0.05, 0.1) is 14.7 Å². The highest BCUT2D eigenvalue weighted by atomic mass is 127. The molecule has 0 aliphatic carbocycles. The second-order valence-corrected chi connectivity index (χ2v) is 7.13. The largest absolute Gasteiger partial charge is 0.871 e. The van der Waals surface area contributed by atoms with Crippen LogP contribution < -0.4 is 16.3 Å². The van der Waals surface area contributed by atoms with Crippen LogP contribution in [-0.4, -0.2) is 4.57 Å². The lowest BCUT2D eigenvalue weighted by Crippen LogP contribution is -2.24. The fourth-order valence-electron chi connectivity index (χ4n) is 3.21. The number of fused-ring (bicyclic) bond motifs is 1. The molecule has 4 rings (SSSR count). The molecule has 0 radical (unpaired) electrons. The third-order valence-electron chi connectivity index (χ3n) is 4.43. The Hall–Kier alpha value is -2.87. The van der Waals surface area contributed by atoms with Gasteiger partial charge in [0.25, 0.3) is 5.56 Å². The predicted molar refractivity (Wildman–Crippen MR) is 110 cm³/mol. The van der Waals surface area contributed by atoms with Crippen molar-refractivity contribution < 1.29 is 9.52 Å². The Morgan fingerprint density at radius 3 is 2.19 bits per heavy atom. The summed E-state index contributed by atoms with van der Waals surface area (Å²) in [5, 5.41) is 12.6. The molecular weight excluding hydrogens is 457 g/mol. The lowest BCUT2D eigenvalue weighted by molar-refractivity contribution is -0.267. The van der Waals surface area contributed by atoms with Crippen LogP contribution in [0.4, 0.5) is 0 Å². The van der Waals surface area contributed by atoms with E-state index in [4.69, 9.17) is 4.42 Å². The van der Waals surface area contributed by atoms with Gasteiger partial charge in [-0.3, -0.25) is 9.36 Å². The maximum Gasteiger partial charge on any atom is 0.349 e. The van der Waals surface area contributed by atoms with E-state index < -0.39 is 16.9 Å². The summed E-state index contributed by atoms with van der Waals surface area (Å²) in [6.07, 6.45) is 0. The van der Waals surface area contributed by atoms with E-state index in [0.29, 0.717) is 16.9 Å². The van der Waals surface area contributed by atoms with Crippen molar-refractivity contribution in [3.05, 3.63) is 90.6 Å². The molecule has 5 nitrogen and oxygen atoms in total. The van der Waals surface area contributed by atoms with Crippen LogP contribution in [0.3, 0.4) is 0 Å². The van der Waals surface area contributed by atoms with Crippen LogP contribution in [0.5, 0.6) is 5.75 Å². The highest BCUT2D eigenvalue weighted by molar-refractivity contribution is 14.1. The normalized spacial score (nSPS) is 11.0. The molecular formula is C21H13INO4-. The van der Waals surface area contributed by atoms with Crippen molar-refractivity contribution in [2.45, 2.75) is 6.92 Å². The first kappa shape index (κ1) is 17.5. The average Bonchev–Trinajstić information content (AvgIpc) is 2.69. The van der Waals surface area contributed by atoms with Crippen molar-refractivity contribution in [3.63, 3.8) is 0 Å². The standard InChI is InChI=1S/C21H14INO4/c1-12-17(13-8-4-2-5-9-13)23(14-10-6-3-7-11-14)20(25)15-18(24)16(22)21(26)27-19(12)15/h2-11,24H,1H3/p-1. The van der Waals surface area contributed by atoms with Gasteiger partial charge in [-0.25, -0.2) is 4.79 Å². The zero-order chi connectivity index (χ0) is 19.1. The molecule has 134 valence electrons. The van der Waals surface area contributed by atoms with E-state index in [0.717, 1.165) is 5.56 Å². The fraction of sp³-hybridized carbons (Fsp3) is 0.0476. The third-order valence-corrected chi connectivity index (χ3v) is 5.36. The number of rotatable bonds is 2. The van der Waals surface area contributed by atoms with Gasteiger partial charge in [0.2, 0.25) is 0 Å². The highest BCUT2D eigenvalue weighted by Crippen LogP contribution is 2.32. The number of benzene rings is 2. The number of aromatic nitrogens is 1. The predicted octanol–water partition coefficient (Wildman–Crippen LogP) is 3.60. The molecule has 2 aromatic carbocycles. The second-order valence-electron chi connectivity index (χ2n) is 6.05. The summed E-state index contributed by atoms with van der Waals surface area (Å²) in [7, 11) is 0. The van der Waals surface area contributed by atoms with Crippen molar-refractivity contribution in [3.8, 4) is 22.7 Å². The summed E-state index contributed by atoms with van der Waals surface area (Å²) in [6, 6.07) is 18.4. The number of hydrogen-bond acceptors (Lipinski definition) is 4. The Morgan fingerprint density at radius 2 is 1.56 bits per heavy atom. The van der Waals surface area contributed by atoms with Crippen LogP contribution in [0.1, 0.15) is 5.56 Å². The molecule has 0 amide bonds. The molecule has 0 saturated heterocycles. The molecule has 0 saturated carbocycles. The van der Waals surface area contributed by atoms with Gasteiger partial charge in [0, 0.05) is 11.3 Å². The van der Waals surface area contributed by atoms with E-state index in [2.05, 4.69) is 0 Å². The molecule has 0 fully saturated rings. The molecule has 0 N–H and O–H groups in total. The van der Waals surface area contributed by atoms with Crippen LogP contribution >= 0.6 is 22.6 Å². The summed E-state index contributed by atoms with van der Waals surface area (Å²) < 4.78 is 6.74. The lowest BCUT2D eigenvalue weighted by atomic mass is 10.0. The van der Waals surface area contributed by atoms with Gasteiger partial charge in [0.1, 0.15) is 5.58 Å². The number of aryl methyl sites for hydroxylation is 1. The van der Waals surface area contributed by atoms with Gasteiger partial charge in [-0.1, -0.05) is 54.3 Å². The Bertz CT molecular complexity index is 1280. The number of nitrogens with zero attached hydrogens (tertiary/aromatic N) is 1. The van der Waals surface area contributed by atoms with Gasteiger partial charge in [-0.15, -0.1) is 0 Å². The molecule has 0 aliphatic heterocycles. The summed E-state index contributed by atoms with van der Waals surface area (Å²) >= 11 is 1.63. The summed E-state index contributed by atoms with van der Waals surface area (Å²) in [4.78, 5) is 25.4. The number of para-hydroxylation sites is 1. The monoisotopic (exact) mass is 470 g/mol.